The van der Waals surface area contributed by atoms with Crippen LogP contribution in [-0.2, 0) is 0 Å². The maximum Gasteiger partial charge on any atom is 0.254 e. The maximum atomic E-state index is 13.7. The summed E-state index contributed by atoms with van der Waals surface area (Å²) in [7, 11) is 0. The van der Waals surface area contributed by atoms with Gasteiger partial charge in [0.05, 0.1) is 5.56 Å². The number of carbonyl (C=O) groups is 1. The molecule has 118 valence electrons. The van der Waals surface area contributed by atoms with Crippen LogP contribution in [0, 0.1) is 11.2 Å². The van der Waals surface area contributed by atoms with Gasteiger partial charge >= 0.3 is 0 Å². The van der Waals surface area contributed by atoms with Gasteiger partial charge in [0.2, 0.25) is 0 Å². The molecule has 0 bridgehead atoms. The molecule has 1 aliphatic rings. The lowest BCUT2D eigenvalue weighted by atomic mass is 9.77. The van der Waals surface area contributed by atoms with Gasteiger partial charge in [0.15, 0.2) is 0 Å². The zero-order valence-electron chi connectivity index (χ0n) is 12.2. The minimum atomic E-state index is -0.507. The summed E-state index contributed by atoms with van der Waals surface area (Å²) >= 11 is 3.18. The molecule has 1 atom stereocenters. The minimum absolute atomic E-state index is 0. The molecule has 21 heavy (non-hydrogen) atoms. The lowest BCUT2D eigenvalue weighted by Gasteiger charge is -2.39. The molecule has 3 nitrogen and oxygen atoms in total. The third-order valence-electron chi connectivity index (χ3n) is 3.97. The smallest absolute Gasteiger partial charge is 0.254 e. The number of carbonyl (C=O) groups excluding carboxylic acids is 1. The molecule has 1 aliphatic heterocycles. The zero-order chi connectivity index (χ0) is 14.8. The van der Waals surface area contributed by atoms with Gasteiger partial charge in [-0.25, -0.2) is 4.39 Å². The lowest BCUT2D eigenvalue weighted by Crippen LogP contribution is -2.52. The monoisotopic (exact) mass is 378 g/mol. The molecule has 0 saturated carbocycles. The summed E-state index contributed by atoms with van der Waals surface area (Å²) in [6.07, 6.45) is 2.28. The van der Waals surface area contributed by atoms with Gasteiger partial charge < -0.3 is 10.6 Å². The highest BCUT2D eigenvalue weighted by Crippen LogP contribution is 2.29. The number of hydrogen-bond acceptors (Lipinski definition) is 2. The Morgan fingerprint density at radius 2 is 2.24 bits per heavy atom. The Morgan fingerprint density at radius 1 is 1.52 bits per heavy atom. The summed E-state index contributed by atoms with van der Waals surface area (Å²) < 4.78 is 14.3. The fourth-order valence-electron chi connectivity index (χ4n) is 2.58. The molecule has 6 heteroatoms. The van der Waals surface area contributed by atoms with Crippen molar-refractivity contribution in [1.82, 2.24) is 10.6 Å². The largest absolute Gasteiger partial charge is 0.350 e. The van der Waals surface area contributed by atoms with Crippen LogP contribution in [0.5, 0.6) is 0 Å². The predicted octanol–water partition coefficient (Wildman–Crippen LogP) is 3.52. The van der Waals surface area contributed by atoms with Crippen LogP contribution in [0.1, 0.15) is 37.0 Å². The van der Waals surface area contributed by atoms with Crippen LogP contribution in [0.4, 0.5) is 4.39 Å². The Hall–Kier alpha value is -0.650. The molecule has 1 unspecified atom stereocenters. The molecule has 1 heterocycles. The van der Waals surface area contributed by atoms with E-state index >= 15 is 0 Å². The molecule has 1 amide bonds. The zero-order valence-corrected chi connectivity index (χ0v) is 14.6. The van der Waals surface area contributed by atoms with E-state index in [4.69, 9.17) is 0 Å². The van der Waals surface area contributed by atoms with Crippen molar-refractivity contribution < 1.29 is 9.18 Å². The third kappa shape index (κ3) is 4.66. The first-order valence-corrected chi connectivity index (χ1v) is 7.66. The highest BCUT2D eigenvalue weighted by Gasteiger charge is 2.32. The second kappa shape index (κ2) is 7.56. The molecule has 0 spiro atoms. The number of rotatable bonds is 3. The quantitative estimate of drug-likeness (QED) is 0.844. The Bertz CT molecular complexity index is 510. The van der Waals surface area contributed by atoms with E-state index < -0.39 is 5.82 Å². The summed E-state index contributed by atoms with van der Waals surface area (Å²) in [5.74, 6) is -0.870. The first kappa shape index (κ1) is 18.4. The van der Waals surface area contributed by atoms with Crippen molar-refractivity contribution in [3.05, 3.63) is 34.1 Å². The number of benzene rings is 1. The van der Waals surface area contributed by atoms with E-state index in [9.17, 15) is 9.18 Å². The van der Waals surface area contributed by atoms with Crippen molar-refractivity contribution in [2.45, 2.75) is 32.7 Å². The van der Waals surface area contributed by atoms with E-state index in [1.165, 1.54) is 12.1 Å². The van der Waals surface area contributed by atoms with Crippen LogP contribution in [0.15, 0.2) is 22.7 Å². The van der Waals surface area contributed by atoms with Gasteiger partial charge in [-0.2, -0.15) is 0 Å². The van der Waals surface area contributed by atoms with Gasteiger partial charge in [0, 0.05) is 17.1 Å². The molecule has 0 aliphatic carbocycles. The summed E-state index contributed by atoms with van der Waals surface area (Å²) in [5.41, 5.74) is 0.228. The van der Waals surface area contributed by atoms with Crippen LogP contribution in [0.3, 0.4) is 0 Å². The molecular weight excluding hydrogens is 359 g/mol. The normalized spacial score (nSPS) is 20.5. The summed E-state index contributed by atoms with van der Waals surface area (Å²) in [6.45, 7) is 5.87. The fraction of sp³-hybridized carbons (Fsp3) is 0.533. The van der Waals surface area contributed by atoms with Crippen molar-refractivity contribution >= 4 is 34.2 Å². The molecule has 1 aromatic rings. The van der Waals surface area contributed by atoms with Crippen LogP contribution in [0.25, 0.3) is 0 Å². The number of hydrogen-bond donors (Lipinski definition) is 2. The first-order valence-electron chi connectivity index (χ1n) is 6.87. The second-order valence-corrected chi connectivity index (χ2v) is 6.85. The van der Waals surface area contributed by atoms with Crippen molar-refractivity contribution in [3.63, 3.8) is 0 Å². The summed E-state index contributed by atoms with van der Waals surface area (Å²) in [4.78, 5) is 12.0. The lowest BCUT2D eigenvalue weighted by molar-refractivity contribution is 0.0925. The summed E-state index contributed by atoms with van der Waals surface area (Å²) in [6, 6.07) is 4.69. The van der Waals surface area contributed by atoms with Crippen LogP contribution in [-0.4, -0.2) is 25.0 Å². The Kier molecular flexibility index (Phi) is 6.63. The van der Waals surface area contributed by atoms with Gasteiger partial charge in [-0.3, -0.25) is 4.79 Å². The standard InChI is InChI=1S/C15H20BrFN2O.ClH/c1-15(2)6-3-7-18-13(15)9-19-14(20)11-5-4-10(16)8-12(11)17;/h4-5,8,13,18H,3,6-7,9H2,1-2H3,(H,19,20);1H. The topological polar surface area (TPSA) is 41.1 Å². The van der Waals surface area contributed by atoms with Crippen LogP contribution in [0.2, 0.25) is 0 Å². The van der Waals surface area contributed by atoms with E-state index in [-0.39, 0.29) is 35.3 Å². The highest BCUT2D eigenvalue weighted by atomic mass is 79.9. The van der Waals surface area contributed by atoms with Gasteiger partial charge in [-0.05, 0) is 43.0 Å². The summed E-state index contributed by atoms with van der Waals surface area (Å²) in [5, 5.41) is 6.25. The molecule has 1 aromatic carbocycles. The van der Waals surface area contributed by atoms with Gasteiger partial charge in [0.1, 0.15) is 5.82 Å². The Balaban J connectivity index is 0.00000220. The predicted molar refractivity (Wildman–Crippen MR) is 88.5 cm³/mol. The van der Waals surface area contributed by atoms with Gasteiger partial charge in [-0.15, -0.1) is 12.4 Å². The minimum Gasteiger partial charge on any atom is -0.350 e. The molecular formula is C15H21BrClFN2O. The molecule has 0 radical (unpaired) electrons. The molecule has 1 saturated heterocycles. The highest BCUT2D eigenvalue weighted by molar-refractivity contribution is 9.10. The molecule has 0 aromatic heterocycles. The first-order chi connectivity index (χ1) is 9.40. The molecule has 2 N–H and O–H groups in total. The SMILES string of the molecule is CC1(C)CCCNC1CNC(=O)c1ccc(Br)cc1F.Cl. The fourth-order valence-corrected chi connectivity index (χ4v) is 2.92. The maximum absolute atomic E-state index is 13.7. The number of piperidine rings is 1. The van der Waals surface area contributed by atoms with Crippen molar-refractivity contribution in [2.75, 3.05) is 13.1 Å². The van der Waals surface area contributed by atoms with E-state index in [2.05, 4.69) is 40.4 Å². The molecule has 1 fully saturated rings. The van der Waals surface area contributed by atoms with E-state index in [1.54, 1.807) is 6.07 Å². The average Bonchev–Trinajstić information content (AvgIpc) is 2.36. The van der Waals surface area contributed by atoms with Gasteiger partial charge in [0.25, 0.3) is 5.91 Å². The average molecular weight is 380 g/mol. The number of halogens is 3. The van der Waals surface area contributed by atoms with Crippen molar-refractivity contribution in [3.8, 4) is 0 Å². The van der Waals surface area contributed by atoms with E-state index in [0.29, 0.717) is 11.0 Å². The van der Waals surface area contributed by atoms with Crippen LogP contribution < -0.4 is 10.6 Å². The number of amides is 1. The van der Waals surface area contributed by atoms with Crippen molar-refractivity contribution in [1.29, 1.82) is 0 Å². The Morgan fingerprint density at radius 3 is 2.86 bits per heavy atom. The molecule has 2 rings (SSSR count). The number of nitrogens with one attached hydrogen (secondary N) is 2. The third-order valence-corrected chi connectivity index (χ3v) is 4.47. The Labute approximate surface area is 139 Å². The van der Waals surface area contributed by atoms with Gasteiger partial charge in [-0.1, -0.05) is 29.8 Å². The van der Waals surface area contributed by atoms with E-state index in [1.807, 2.05) is 0 Å². The van der Waals surface area contributed by atoms with Crippen molar-refractivity contribution in [2.24, 2.45) is 5.41 Å². The van der Waals surface area contributed by atoms with Crippen LogP contribution >= 0.6 is 28.3 Å². The van der Waals surface area contributed by atoms with E-state index in [0.717, 1.165) is 19.4 Å². The second-order valence-electron chi connectivity index (χ2n) is 5.93.